The molecule has 3 heterocycles. The fourth-order valence-electron chi connectivity index (χ4n) is 2.91. The van der Waals surface area contributed by atoms with Crippen molar-refractivity contribution in [2.45, 2.75) is 6.10 Å². The van der Waals surface area contributed by atoms with E-state index in [1.54, 1.807) is 17.3 Å². The Kier molecular flexibility index (Phi) is 4.60. The van der Waals surface area contributed by atoms with Crippen molar-refractivity contribution in [3.63, 3.8) is 0 Å². The van der Waals surface area contributed by atoms with Gasteiger partial charge in [0.25, 0.3) is 0 Å². The van der Waals surface area contributed by atoms with Crippen LogP contribution < -0.4 is 15.1 Å². The lowest BCUT2D eigenvalue weighted by Crippen LogP contribution is -2.37. The molecule has 10 heteroatoms. The predicted molar refractivity (Wildman–Crippen MR) is 97.7 cm³/mol. The largest absolute Gasteiger partial charge is 0.442 e. The lowest BCUT2D eigenvalue weighted by Gasteiger charge is -2.26. The molecule has 2 amide bonds. The van der Waals surface area contributed by atoms with Gasteiger partial charge in [0.1, 0.15) is 18.7 Å². The number of ether oxygens (including phenoxy) is 1. The number of carbonyl (C=O) groups is 2. The summed E-state index contributed by atoms with van der Waals surface area (Å²) in [6, 6.07) is 9.25. The third-order valence-electron chi connectivity index (χ3n) is 4.35. The highest BCUT2D eigenvalue weighted by Crippen LogP contribution is 2.25. The number of amides is 2. The number of aromatic nitrogens is 1. The van der Waals surface area contributed by atoms with E-state index in [2.05, 4.69) is 15.6 Å². The molecule has 27 heavy (non-hydrogen) atoms. The van der Waals surface area contributed by atoms with Gasteiger partial charge in [-0.1, -0.05) is 5.16 Å². The zero-order valence-corrected chi connectivity index (χ0v) is 14.4. The van der Waals surface area contributed by atoms with Crippen LogP contribution in [0.15, 0.2) is 46.2 Å². The van der Waals surface area contributed by atoms with E-state index in [0.29, 0.717) is 38.4 Å². The number of hydrazone groups is 1. The summed E-state index contributed by atoms with van der Waals surface area (Å²) < 4.78 is 10.1. The van der Waals surface area contributed by atoms with Crippen molar-refractivity contribution in [3.8, 4) is 0 Å². The average Bonchev–Trinajstić information content (AvgIpc) is 3.36. The summed E-state index contributed by atoms with van der Waals surface area (Å²) in [6.45, 7) is 2.08. The molecule has 140 valence electrons. The predicted octanol–water partition coefficient (Wildman–Crippen LogP) is 1.33. The van der Waals surface area contributed by atoms with Crippen LogP contribution in [0.4, 0.5) is 22.0 Å². The van der Waals surface area contributed by atoms with E-state index in [9.17, 15) is 9.59 Å². The van der Waals surface area contributed by atoms with Crippen molar-refractivity contribution in [2.24, 2.45) is 5.10 Å². The first-order chi connectivity index (χ1) is 13.2. The Labute approximate surface area is 154 Å². The molecule has 1 aromatic carbocycles. The van der Waals surface area contributed by atoms with Gasteiger partial charge in [-0.15, -0.1) is 0 Å². The number of hydrogen-bond donors (Lipinski definition) is 1. The molecule has 2 aliphatic heterocycles. The van der Waals surface area contributed by atoms with E-state index in [1.165, 1.54) is 11.3 Å². The highest BCUT2D eigenvalue weighted by molar-refractivity contribution is 5.90. The van der Waals surface area contributed by atoms with E-state index >= 15 is 0 Å². The smallest absolute Gasteiger partial charge is 0.414 e. The maximum Gasteiger partial charge on any atom is 0.414 e. The molecule has 0 spiro atoms. The topological polar surface area (TPSA) is 104 Å². The van der Waals surface area contributed by atoms with Gasteiger partial charge < -0.3 is 19.5 Å². The molecule has 0 bridgehead atoms. The summed E-state index contributed by atoms with van der Waals surface area (Å²) >= 11 is 0. The van der Waals surface area contributed by atoms with Crippen molar-refractivity contribution < 1.29 is 18.8 Å². The average molecular weight is 370 g/mol. The highest BCUT2D eigenvalue weighted by Gasteiger charge is 2.32. The number of carbonyl (C=O) groups excluding carboxylic acids is 2. The summed E-state index contributed by atoms with van der Waals surface area (Å²) in [7, 11) is 0. The van der Waals surface area contributed by atoms with Gasteiger partial charge in [0.05, 0.1) is 19.6 Å². The number of anilines is 3. The first kappa shape index (κ1) is 16.9. The molecule has 1 fully saturated rings. The fraction of sp³-hybridized carbons (Fsp3) is 0.294. The zero-order valence-electron chi connectivity index (χ0n) is 14.4. The Morgan fingerprint density at radius 2 is 2.00 bits per heavy atom. The third-order valence-corrected chi connectivity index (χ3v) is 4.35. The Morgan fingerprint density at radius 1 is 1.19 bits per heavy atom. The minimum atomic E-state index is -0.379. The second kappa shape index (κ2) is 7.36. The van der Waals surface area contributed by atoms with Crippen LogP contribution >= 0.6 is 0 Å². The van der Waals surface area contributed by atoms with Crippen LogP contribution in [0.2, 0.25) is 0 Å². The summed E-state index contributed by atoms with van der Waals surface area (Å²) in [5, 5.41) is 12.2. The normalized spacial score (nSPS) is 19.3. The highest BCUT2D eigenvalue weighted by atomic mass is 16.6. The molecule has 2 aromatic rings. The molecular weight excluding hydrogens is 352 g/mol. The minimum Gasteiger partial charge on any atom is -0.442 e. The van der Waals surface area contributed by atoms with Gasteiger partial charge in [-0.25, -0.2) is 9.80 Å². The molecule has 4 rings (SSSR count). The van der Waals surface area contributed by atoms with Crippen molar-refractivity contribution >= 4 is 36.0 Å². The van der Waals surface area contributed by atoms with Crippen LogP contribution in [0, 0.1) is 0 Å². The fourth-order valence-corrected chi connectivity index (χ4v) is 2.91. The van der Waals surface area contributed by atoms with Crippen molar-refractivity contribution in [2.75, 3.05) is 41.3 Å². The lowest BCUT2D eigenvalue weighted by molar-refractivity contribution is -0.118. The van der Waals surface area contributed by atoms with Crippen LogP contribution in [0.25, 0.3) is 0 Å². The van der Waals surface area contributed by atoms with Gasteiger partial charge in [0.2, 0.25) is 6.41 Å². The lowest BCUT2D eigenvalue weighted by atomic mass is 10.2. The molecule has 0 saturated carbocycles. The first-order valence-corrected chi connectivity index (χ1v) is 8.48. The number of cyclic esters (lactones) is 1. The minimum absolute atomic E-state index is 0.280. The number of rotatable bonds is 6. The molecule has 10 nitrogen and oxygen atoms in total. The SMILES string of the molecule is O=CN1CCN(c2ccc(N3C[C@H](CNc4ccon4)OC3=O)cc2)C=N1. The summed E-state index contributed by atoms with van der Waals surface area (Å²) in [5.41, 5.74) is 1.70. The summed E-state index contributed by atoms with van der Waals surface area (Å²) in [5.74, 6) is 0.602. The maximum atomic E-state index is 12.2. The Hall–Kier alpha value is -3.56. The van der Waals surface area contributed by atoms with Crippen molar-refractivity contribution in [3.05, 3.63) is 36.6 Å². The number of nitrogens with zero attached hydrogens (tertiary/aromatic N) is 5. The number of nitrogens with one attached hydrogen (secondary N) is 1. The van der Waals surface area contributed by atoms with Crippen LogP contribution in [-0.4, -0.2) is 61.3 Å². The monoisotopic (exact) mass is 370 g/mol. The third kappa shape index (κ3) is 3.68. The quantitative estimate of drug-likeness (QED) is 0.765. The zero-order chi connectivity index (χ0) is 18.6. The van der Waals surface area contributed by atoms with Crippen LogP contribution in [-0.2, 0) is 9.53 Å². The summed E-state index contributed by atoms with van der Waals surface area (Å²) in [4.78, 5) is 26.4. The molecular formula is C17H18N6O4. The van der Waals surface area contributed by atoms with Crippen molar-refractivity contribution in [1.29, 1.82) is 0 Å². The molecule has 1 N–H and O–H groups in total. The van der Waals surface area contributed by atoms with E-state index in [4.69, 9.17) is 9.26 Å². The Balaban J connectivity index is 1.37. The molecule has 1 saturated heterocycles. The Bertz CT molecular complexity index is 822. The van der Waals surface area contributed by atoms with Gasteiger partial charge in [-0.05, 0) is 24.3 Å². The molecule has 0 unspecified atom stereocenters. The van der Waals surface area contributed by atoms with Gasteiger partial charge in [0.15, 0.2) is 5.82 Å². The molecule has 1 aromatic heterocycles. The first-order valence-electron chi connectivity index (χ1n) is 8.48. The van der Waals surface area contributed by atoms with Crippen LogP contribution in [0.1, 0.15) is 0 Å². The van der Waals surface area contributed by atoms with E-state index in [0.717, 1.165) is 11.4 Å². The van der Waals surface area contributed by atoms with Crippen LogP contribution in [0.3, 0.4) is 0 Å². The van der Waals surface area contributed by atoms with Gasteiger partial charge in [-0.2, -0.15) is 5.10 Å². The second-order valence-corrected chi connectivity index (χ2v) is 6.09. The van der Waals surface area contributed by atoms with E-state index < -0.39 is 0 Å². The molecule has 0 aliphatic carbocycles. The Morgan fingerprint density at radius 3 is 2.67 bits per heavy atom. The molecule has 1 atom stereocenters. The van der Waals surface area contributed by atoms with Crippen LogP contribution in [0.5, 0.6) is 0 Å². The van der Waals surface area contributed by atoms with E-state index in [-0.39, 0.29) is 12.2 Å². The summed E-state index contributed by atoms with van der Waals surface area (Å²) in [6.07, 6.45) is 3.13. The maximum absolute atomic E-state index is 12.2. The van der Waals surface area contributed by atoms with Gasteiger partial charge in [0, 0.05) is 24.0 Å². The van der Waals surface area contributed by atoms with Gasteiger partial charge in [-0.3, -0.25) is 9.69 Å². The standard InChI is InChI=1S/C17H18N6O4/c24-12-22-7-6-21(11-19-22)13-1-3-14(4-2-13)23-10-15(27-17(23)25)9-18-16-5-8-26-20-16/h1-5,8,11-12,15H,6-7,9-10H2,(H,18,20)/t15-/m0/s1. The van der Waals surface area contributed by atoms with Gasteiger partial charge >= 0.3 is 6.09 Å². The van der Waals surface area contributed by atoms with E-state index in [1.807, 2.05) is 29.2 Å². The number of benzene rings is 1. The second-order valence-electron chi connectivity index (χ2n) is 6.09. The number of hydrogen-bond acceptors (Lipinski definition) is 8. The molecule has 0 radical (unpaired) electrons. The van der Waals surface area contributed by atoms with Crippen molar-refractivity contribution in [1.82, 2.24) is 10.2 Å². The molecule has 2 aliphatic rings.